The summed E-state index contributed by atoms with van der Waals surface area (Å²) in [6, 6.07) is 11.4. The van der Waals surface area contributed by atoms with E-state index in [-0.39, 0.29) is 17.4 Å². The van der Waals surface area contributed by atoms with Crippen LogP contribution in [0, 0.1) is 6.92 Å². The smallest absolute Gasteiger partial charge is 0.128 e. The number of aromatic hydroxyl groups is 2. The molecule has 0 saturated heterocycles. The molecule has 1 aromatic heterocycles. The van der Waals surface area contributed by atoms with Crippen molar-refractivity contribution in [2.75, 3.05) is 0 Å². The third kappa shape index (κ3) is 3.25. The van der Waals surface area contributed by atoms with Gasteiger partial charge in [0.25, 0.3) is 0 Å². The zero-order chi connectivity index (χ0) is 17.3. The molecule has 2 N–H and O–H groups in total. The molecule has 0 radical (unpaired) electrons. The van der Waals surface area contributed by atoms with Gasteiger partial charge >= 0.3 is 0 Å². The van der Waals surface area contributed by atoms with Crippen molar-refractivity contribution < 1.29 is 10.2 Å². The highest BCUT2D eigenvalue weighted by Crippen LogP contribution is 2.36. The van der Waals surface area contributed by atoms with Crippen molar-refractivity contribution in [1.82, 2.24) is 15.0 Å². The Morgan fingerprint density at radius 2 is 1.75 bits per heavy atom. The van der Waals surface area contributed by atoms with Gasteiger partial charge in [-0.1, -0.05) is 48.9 Å². The van der Waals surface area contributed by atoms with Crippen molar-refractivity contribution in [3.8, 4) is 22.8 Å². The summed E-state index contributed by atoms with van der Waals surface area (Å²) < 4.78 is 1.74. The molecule has 0 unspecified atom stereocenters. The first-order valence-electron chi connectivity index (χ1n) is 7.96. The molecule has 3 aromatic rings. The monoisotopic (exact) mass is 323 g/mol. The molecule has 0 atom stereocenters. The normalized spacial score (nSPS) is 11.2. The molecule has 2 aromatic carbocycles. The topological polar surface area (TPSA) is 71.2 Å². The van der Waals surface area contributed by atoms with Crippen LogP contribution in [0.5, 0.6) is 11.5 Å². The van der Waals surface area contributed by atoms with Gasteiger partial charge in [-0.25, -0.2) is 4.68 Å². The highest BCUT2D eigenvalue weighted by Gasteiger charge is 2.15. The maximum absolute atomic E-state index is 10.1. The Labute approximate surface area is 141 Å². The summed E-state index contributed by atoms with van der Waals surface area (Å²) in [7, 11) is 0. The van der Waals surface area contributed by atoms with Crippen LogP contribution in [0.4, 0.5) is 0 Å². The summed E-state index contributed by atoms with van der Waals surface area (Å²) in [6.45, 7) is 6.65. The van der Waals surface area contributed by atoms with E-state index in [4.69, 9.17) is 0 Å². The number of aromatic nitrogens is 3. The van der Waals surface area contributed by atoms with Gasteiger partial charge in [0.15, 0.2) is 0 Å². The van der Waals surface area contributed by atoms with Crippen molar-refractivity contribution in [3.05, 3.63) is 59.3 Å². The van der Waals surface area contributed by atoms with E-state index in [9.17, 15) is 10.2 Å². The van der Waals surface area contributed by atoms with E-state index >= 15 is 0 Å². The van der Waals surface area contributed by atoms with Crippen LogP contribution in [0.25, 0.3) is 11.3 Å². The zero-order valence-electron chi connectivity index (χ0n) is 14.1. The lowest BCUT2D eigenvalue weighted by Crippen LogP contribution is -2.00. The molecule has 5 nitrogen and oxygen atoms in total. The van der Waals surface area contributed by atoms with Crippen LogP contribution >= 0.6 is 0 Å². The number of hydrogen-bond donors (Lipinski definition) is 2. The number of benzene rings is 2. The van der Waals surface area contributed by atoms with Crippen molar-refractivity contribution in [2.45, 2.75) is 33.2 Å². The van der Waals surface area contributed by atoms with Crippen molar-refractivity contribution in [2.24, 2.45) is 0 Å². The van der Waals surface area contributed by atoms with Crippen LogP contribution in [0.3, 0.4) is 0 Å². The Bertz CT molecular complexity index is 852. The highest BCUT2D eigenvalue weighted by atomic mass is 16.3. The SMILES string of the molecule is Cc1ccc(Cn2cc(-c3cc(C(C)C)c(O)cc3O)nn2)cc1. The van der Waals surface area contributed by atoms with Gasteiger partial charge in [-0.3, -0.25) is 0 Å². The summed E-state index contributed by atoms with van der Waals surface area (Å²) in [5.74, 6) is 0.240. The first-order valence-corrected chi connectivity index (χ1v) is 7.96. The van der Waals surface area contributed by atoms with Crippen LogP contribution in [0.15, 0.2) is 42.6 Å². The van der Waals surface area contributed by atoms with Gasteiger partial charge in [0.1, 0.15) is 17.2 Å². The second-order valence-electron chi connectivity index (χ2n) is 6.37. The Kier molecular flexibility index (Phi) is 4.25. The Morgan fingerprint density at radius 3 is 2.42 bits per heavy atom. The molecule has 0 amide bonds. The van der Waals surface area contributed by atoms with E-state index in [1.165, 1.54) is 11.6 Å². The lowest BCUT2D eigenvalue weighted by Gasteiger charge is -2.11. The molecule has 0 aliphatic rings. The van der Waals surface area contributed by atoms with Crippen LogP contribution in [-0.2, 0) is 6.54 Å². The number of hydrogen-bond acceptors (Lipinski definition) is 4. The molecule has 124 valence electrons. The van der Waals surface area contributed by atoms with Crippen molar-refractivity contribution >= 4 is 0 Å². The largest absolute Gasteiger partial charge is 0.508 e. The third-order valence-corrected chi connectivity index (χ3v) is 4.05. The molecule has 1 heterocycles. The second kappa shape index (κ2) is 6.35. The predicted octanol–water partition coefficient (Wildman–Crippen LogP) is 3.84. The van der Waals surface area contributed by atoms with Crippen LogP contribution in [-0.4, -0.2) is 25.2 Å². The minimum absolute atomic E-state index is 0.000661. The maximum Gasteiger partial charge on any atom is 0.128 e. The van der Waals surface area contributed by atoms with Crippen LogP contribution < -0.4 is 0 Å². The quantitative estimate of drug-likeness (QED) is 0.765. The number of nitrogens with zero attached hydrogens (tertiary/aromatic N) is 3. The first-order chi connectivity index (χ1) is 11.4. The van der Waals surface area contributed by atoms with Crippen LogP contribution in [0.2, 0.25) is 0 Å². The van der Waals surface area contributed by atoms with E-state index in [2.05, 4.69) is 41.5 Å². The zero-order valence-corrected chi connectivity index (χ0v) is 14.1. The molecule has 0 bridgehead atoms. The molecule has 0 spiro atoms. The summed E-state index contributed by atoms with van der Waals surface area (Å²) in [5, 5.41) is 28.4. The van der Waals surface area contributed by atoms with Gasteiger partial charge < -0.3 is 10.2 Å². The number of phenols is 2. The second-order valence-corrected chi connectivity index (χ2v) is 6.37. The summed E-state index contributed by atoms with van der Waals surface area (Å²) in [6.07, 6.45) is 1.80. The fraction of sp³-hybridized carbons (Fsp3) is 0.263. The molecular formula is C19H21N3O2. The molecule has 0 fully saturated rings. The van der Waals surface area contributed by atoms with Crippen LogP contribution in [0.1, 0.15) is 36.5 Å². The van der Waals surface area contributed by atoms with Gasteiger partial charge in [-0.05, 0) is 30.0 Å². The average molecular weight is 323 g/mol. The Morgan fingerprint density at radius 1 is 1.04 bits per heavy atom. The first kappa shape index (κ1) is 16.1. The van der Waals surface area contributed by atoms with Crippen molar-refractivity contribution in [3.63, 3.8) is 0 Å². The Balaban J connectivity index is 1.90. The van der Waals surface area contributed by atoms with E-state index in [1.54, 1.807) is 16.9 Å². The van der Waals surface area contributed by atoms with E-state index < -0.39 is 0 Å². The number of phenolic OH excluding ortho intramolecular Hbond substituents is 2. The van der Waals surface area contributed by atoms with Gasteiger partial charge in [0.05, 0.1) is 12.7 Å². The highest BCUT2D eigenvalue weighted by molar-refractivity contribution is 5.69. The fourth-order valence-corrected chi connectivity index (χ4v) is 2.64. The molecular weight excluding hydrogens is 302 g/mol. The lowest BCUT2D eigenvalue weighted by molar-refractivity contribution is 0.445. The Hall–Kier alpha value is -2.82. The molecule has 0 saturated carbocycles. The minimum Gasteiger partial charge on any atom is -0.508 e. The summed E-state index contributed by atoms with van der Waals surface area (Å²) in [5.41, 5.74) is 4.28. The number of rotatable bonds is 4. The minimum atomic E-state index is -0.000661. The maximum atomic E-state index is 10.1. The summed E-state index contributed by atoms with van der Waals surface area (Å²) >= 11 is 0. The van der Waals surface area contributed by atoms with Gasteiger partial charge in [0, 0.05) is 11.6 Å². The molecule has 24 heavy (non-hydrogen) atoms. The van der Waals surface area contributed by atoms with E-state index in [0.717, 1.165) is 11.1 Å². The predicted molar refractivity (Wildman–Crippen MR) is 93.2 cm³/mol. The lowest BCUT2D eigenvalue weighted by atomic mass is 9.98. The van der Waals surface area contributed by atoms with E-state index in [0.29, 0.717) is 17.8 Å². The standard InChI is InChI=1S/C19H21N3O2/c1-12(2)15-8-16(19(24)9-18(15)23)17-11-22(21-20-17)10-14-6-4-13(3)5-7-14/h4-9,11-12,23-24H,10H2,1-3H3. The van der Waals surface area contributed by atoms with E-state index in [1.807, 2.05) is 13.8 Å². The fourth-order valence-electron chi connectivity index (χ4n) is 2.64. The van der Waals surface area contributed by atoms with Gasteiger partial charge in [-0.15, -0.1) is 5.10 Å². The molecule has 0 aliphatic carbocycles. The third-order valence-electron chi connectivity index (χ3n) is 4.05. The average Bonchev–Trinajstić information content (AvgIpc) is 2.97. The molecule has 3 rings (SSSR count). The van der Waals surface area contributed by atoms with Gasteiger partial charge in [-0.2, -0.15) is 0 Å². The molecule has 0 aliphatic heterocycles. The number of aryl methyl sites for hydroxylation is 1. The van der Waals surface area contributed by atoms with Crippen molar-refractivity contribution in [1.29, 1.82) is 0 Å². The summed E-state index contributed by atoms with van der Waals surface area (Å²) in [4.78, 5) is 0. The molecule has 5 heteroatoms. The van der Waals surface area contributed by atoms with Gasteiger partial charge in [0.2, 0.25) is 0 Å².